The summed E-state index contributed by atoms with van der Waals surface area (Å²) in [5.41, 5.74) is -0.00794. The molecule has 0 radical (unpaired) electrons. The molecule has 1 aromatic heterocycles. The van der Waals surface area contributed by atoms with Gasteiger partial charge in [-0.05, 0) is 18.2 Å². The number of rotatable bonds is 4. The fraction of sp³-hybridized carbons (Fsp3) is 0.389. The van der Waals surface area contributed by atoms with Crippen molar-refractivity contribution in [1.82, 2.24) is 0 Å². The van der Waals surface area contributed by atoms with Crippen molar-refractivity contribution >= 4 is 22.9 Å². The van der Waals surface area contributed by atoms with Gasteiger partial charge in [0.25, 0.3) is 0 Å². The maximum atomic E-state index is 11.3. The van der Waals surface area contributed by atoms with Gasteiger partial charge in [0.1, 0.15) is 29.6 Å². The lowest BCUT2D eigenvalue weighted by atomic mass is 10.2. The Bertz CT molecular complexity index is 830. The first-order chi connectivity index (χ1) is 11.9. The maximum Gasteiger partial charge on any atom is 0.336 e. The highest BCUT2D eigenvalue weighted by Crippen LogP contribution is 2.30. The lowest BCUT2D eigenvalue weighted by Gasteiger charge is -2.18. The molecule has 2 atom stereocenters. The molecule has 7 heteroatoms. The number of carbonyl (C=O) groups is 2. The highest BCUT2D eigenvalue weighted by molar-refractivity contribution is 5.77. The fourth-order valence-electron chi connectivity index (χ4n) is 3.00. The second kappa shape index (κ2) is 6.96. The Kier molecular flexibility index (Phi) is 4.74. The van der Waals surface area contributed by atoms with Crippen LogP contribution in [0, 0.1) is 0 Å². The Hall–Kier alpha value is -2.83. The van der Waals surface area contributed by atoms with Crippen molar-refractivity contribution in [2.24, 2.45) is 0 Å². The predicted octanol–water partition coefficient (Wildman–Crippen LogP) is 2.20. The van der Waals surface area contributed by atoms with Gasteiger partial charge in [-0.3, -0.25) is 9.59 Å². The minimum absolute atomic E-state index is 0.290. The van der Waals surface area contributed by atoms with Gasteiger partial charge in [0.15, 0.2) is 0 Å². The van der Waals surface area contributed by atoms with Gasteiger partial charge in [-0.2, -0.15) is 0 Å². The van der Waals surface area contributed by atoms with Crippen molar-refractivity contribution in [3.63, 3.8) is 0 Å². The van der Waals surface area contributed by atoms with Crippen LogP contribution in [0.5, 0.6) is 5.75 Å². The third-order valence-electron chi connectivity index (χ3n) is 3.94. The van der Waals surface area contributed by atoms with Crippen LogP contribution in [-0.4, -0.2) is 30.3 Å². The third kappa shape index (κ3) is 4.17. The number of carbonyl (C=O) groups excluding carboxylic acids is 2. The molecule has 3 rings (SSSR count). The van der Waals surface area contributed by atoms with Crippen LogP contribution in [0.15, 0.2) is 39.5 Å². The molecule has 1 heterocycles. The minimum atomic E-state index is -0.537. The Morgan fingerprint density at radius 2 is 1.60 bits per heavy atom. The van der Waals surface area contributed by atoms with Crippen molar-refractivity contribution in [3.05, 3.63) is 40.8 Å². The van der Waals surface area contributed by atoms with E-state index in [2.05, 4.69) is 0 Å². The number of hydrogen-bond acceptors (Lipinski definition) is 7. The van der Waals surface area contributed by atoms with Gasteiger partial charge in [0.05, 0.1) is 0 Å². The molecule has 7 nitrogen and oxygen atoms in total. The van der Waals surface area contributed by atoms with E-state index in [-0.39, 0.29) is 6.10 Å². The van der Waals surface area contributed by atoms with E-state index in [9.17, 15) is 14.4 Å². The predicted molar refractivity (Wildman–Crippen MR) is 87.2 cm³/mol. The number of fused-ring (bicyclic) bond motifs is 1. The number of hydrogen-bond donors (Lipinski definition) is 0. The molecule has 0 spiro atoms. The summed E-state index contributed by atoms with van der Waals surface area (Å²) >= 11 is 0. The number of esters is 2. The monoisotopic (exact) mass is 346 g/mol. The molecule has 2 aromatic rings. The van der Waals surface area contributed by atoms with Crippen LogP contribution < -0.4 is 10.4 Å². The Labute approximate surface area is 143 Å². The molecular weight excluding hydrogens is 328 g/mol. The molecule has 0 saturated heterocycles. The van der Waals surface area contributed by atoms with E-state index in [4.69, 9.17) is 18.6 Å². The molecule has 1 saturated carbocycles. The number of benzene rings is 1. The van der Waals surface area contributed by atoms with Gasteiger partial charge in [-0.25, -0.2) is 4.79 Å². The molecule has 1 aliphatic rings. The fourth-order valence-corrected chi connectivity index (χ4v) is 3.00. The van der Waals surface area contributed by atoms with Crippen LogP contribution in [-0.2, 0) is 19.1 Å². The third-order valence-corrected chi connectivity index (χ3v) is 3.94. The summed E-state index contributed by atoms with van der Waals surface area (Å²) in [5, 5.41) is 0.786. The Morgan fingerprint density at radius 1 is 1.00 bits per heavy atom. The van der Waals surface area contributed by atoms with Gasteiger partial charge < -0.3 is 18.6 Å². The molecule has 0 bridgehead atoms. The van der Waals surface area contributed by atoms with Crippen molar-refractivity contribution in [1.29, 1.82) is 0 Å². The van der Waals surface area contributed by atoms with Crippen LogP contribution in [0.25, 0.3) is 11.0 Å². The molecule has 0 N–H and O–H groups in total. The van der Waals surface area contributed by atoms with Crippen molar-refractivity contribution in [2.75, 3.05) is 0 Å². The molecule has 0 aliphatic heterocycles. The summed E-state index contributed by atoms with van der Waals surface area (Å²) in [6, 6.07) is 8.22. The van der Waals surface area contributed by atoms with E-state index in [1.54, 1.807) is 24.3 Å². The maximum absolute atomic E-state index is 11.3. The molecule has 0 unspecified atom stereocenters. The first-order valence-electron chi connectivity index (χ1n) is 7.96. The van der Waals surface area contributed by atoms with Gasteiger partial charge in [0.2, 0.25) is 0 Å². The van der Waals surface area contributed by atoms with E-state index >= 15 is 0 Å². The SMILES string of the molecule is CC(=O)O[C@H]1CC(Oc2ccc3ccc(=O)oc3c2)C[C@@H]1OC(C)=O. The average Bonchev–Trinajstić information content (AvgIpc) is 2.86. The molecule has 1 aliphatic carbocycles. The molecule has 132 valence electrons. The van der Waals surface area contributed by atoms with E-state index in [1.807, 2.05) is 0 Å². The van der Waals surface area contributed by atoms with Gasteiger partial charge in [-0.15, -0.1) is 0 Å². The lowest BCUT2D eigenvalue weighted by molar-refractivity contribution is -0.162. The highest BCUT2D eigenvalue weighted by Gasteiger charge is 2.40. The van der Waals surface area contributed by atoms with E-state index in [0.717, 1.165) is 5.39 Å². The topological polar surface area (TPSA) is 92.0 Å². The molecule has 25 heavy (non-hydrogen) atoms. The molecule has 1 aromatic carbocycles. The Balaban J connectivity index is 1.74. The van der Waals surface area contributed by atoms with Gasteiger partial charge in [-0.1, -0.05) is 0 Å². The van der Waals surface area contributed by atoms with E-state index < -0.39 is 29.8 Å². The smallest absolute Gasteiger partial charge is 0.336 e. The summed E-state index contributed by atoms with van der Waals surface area (Å²) in [5.74, 6) is -0.345. The standard InChI is InChI=1S/C18H18O7/c1-10(19)22-16-8-14(9-17(16)23-11(2)20)24-13-5-3-12-4-6-18(21)25-15(12)7-13/h3-7,14,16-17H,8-9H2,1-2H3/t16-,17-/m0/s1. The van der Waals surface area contributed by atoms with Gasteiger partial charge in [0, 0.05) is 44.2 Å². The quantitative estimate of drug-likeness (QED) is 0.619. The zero-order chi connectivity index (χ0) is 18.0. The first-order valence-corrected chi connectivity index (χ1v) is 7.96. The summed E-state index contributed by atoms with van der Waals surface area (Å²) in [7, 11) is 0. The van der Waals surface area contributed by atoms with Crippen molar-refractivity contribution in [3.8, 4) is 5.75 Å². The van der Waals surface area contributed by atoms with Gasteiger partial charge >= 0.3 is 17.6 Å². The Morgan fingerprint density at radius 3 is 2.20 bits per heavy atom. The van der Waals surface area contributed by atoms with E-state index in [1.165, 1.54) is 19.9 Å². The molecule has 1 fully saturated rings. The second-order valence-corrected chi connectivity index (χ2v) is 5.96. The largest absolute Gasteiger partial charge is 0.490 e. The van der Waals surface area contributed by atoms with Crippen LogP contribution in [0.3, 0.4) is 0 Å². The second-order valence-electron chi connectivity index (χ2n) is 5.96. The zero-order valence-electron chi connectivity index (χ0n) is 13.9. The number of ether oxygens (including phenoxy) is 3. The average molecular weight is 346 g/mol. The summed E-state index contributed by atoms with van der Waals surface area (Å²) in [6.45, 7) is 2.62. The summed E-state index contributed by atoms with van der Waals surface area (Å²) in [6.07, 6.45) is -0.543. The molecule has 0 amide bonds. The van der Waals surface area contributed by atoms with Crippen molar-refractivity contribution < 1.29 is 28.2 Å². The van der Waals surface area contributed by atoms with Crippen LogP contribution in [0.4, 0.5) is 0 Å². The van der Waals surface area contributed by atoms with E-state index in [0.29, 0.717) is 24.2 Å². The van der Waals surface area contributed by atoms with Crippen LogP contribution in [0.1, 0.15) is 26.7 Å². The van der Waals surface area contributed by atoms with Crippen LogP contribution >= 0.6 is 0 Å². The normalized spacial score (nSPS) is 20.4. The van der Waals surface area contributed by atoms with Crippen molar-refractivity contribution in [2.45, 2.75) is 45.0 Å². The molecular formula is C18H18O7. The van der Waals surface area contributed by atoms with Crippen LogP contribution in [0.2, 0.25) is 0 Å². The highest BCUT2D eigenvalue weighted by atomic mass is 16.6. The summed E-state index contributed by atoms with van der Waals surface area (Å²) < 4.78 is 21.5. The summed E-state index contributed by atoms with van der Waals surface area (Å²) in [4.78, 5) is 33.8. The minimum Gasteiger partial charge on any atom is -0.490 e. The zero-order valence-corrected chi connectivity index (χ0v) is 13.9. The lowest BCUT2D eigenvalue weighted by Crippen LogP contribution is -2.29. The first kappa shape index (κ1) is 17.0.